The highest BCUT2D eigenvalue weighted by molar-refractivity contribution is 5.90. The van der Waals surface area contributed by atoms with E-state index in [4.69, 9.17) is 14.5 Å². The summed E-state index contributed by atoms with van der Waals surface area (Å²) >= 11 is 0. The number of rotatable bonds is 4. The van der Waals surface area contributed by atoms with Gasteiger partial charge in [0, 0.05) is 24.5 Å². The van der Waals surface area contributed by atoms with E-state index in [0.29, 0.717) is 0 Å². The third-order valence-corrected chi connectivity index (χ3v) is 3.50. The van der Waals surface area contributed by atoms with Crippen molar-refractivity contribution in [1.29, 1.82) is 0 Å². The van der Waals surface area contributed by atoms with Crippen molar-refractivity contribution >= 4 is 11.0 Å². The molecule has 0 saturated carbocycles. The van der Waals surface area contributed by atoms with Gasteiger partial charge in [-0.15, -0.1) is 0 Å². The smallest absolute Gasteiger partial charge is 0.146 e. The standard InChI is InChI=1S/C16H17N3O2/c1-4-19-15-13(21-3)8-7-12(20-2)14(15)18-16(19)11-6-5-9-17-10-11/h5-10H,4H2,1-3H3. The van der Waals surface area contributed by atoms with E-state index in [0.717, 1.165) is 40.5 Å². The quantitative estimate of drug-likeness (QED) is 0.738. The van der Waals surface area contributed by atoms with Crippen LogP contribution >= 0.6 is 0 Å². The van der Waals surface area contributed by atoms with Gasteiger partial charge in [0.05, 0.1) is 14.2 Å². The van der Waals surface area contributed by atoms with Gasteiger partial charge in [-0.3, -0.25) is 4.98 Å². The van der Waals surface area contributed by atoms with Crippen molar-refractivity contribution in [1.82, 2.24) is 14.5 Å². The molecule has 0 N–H and O–H groups in total. The Labute approximate surface area is 123 Å². The number of benzene rings is 1. The molecule has 0 spiro atoms. The molecule has 1 aromatic carbocycles. The van der Waals surface area contributed by atoms with Crippen LogP contribution in [0, 0.1) is 0 Å². The minimum Gasteiger partial charge on any atom is -0.494 e. The maximum Gasteiger partial charge on any atom is 0.146 e. The number of hydrogen-bond donors (Lipinski definition) is 0. The zero-order valence-corrected chi connectivity index (χ0v) is 12.3. The summed E-state index contributed by atoms with van der Waals surface area (Å²) in [6.07, 6.45) is 3.57. The van der Waals surface area contributed by atoms with Crippen LogP contribution in [-0.2, 0) is 6.54 Å². The molecular formula is C16H17N3O2. The highest BCUT2D eigenvalue weighted by Gasteiger charge is 2.18. The molecule has 0 aliphatic carbocycles. The molecule has 0 unspecified atom stereocenters. The molecule has 5 nitrogen and oxygen atoms in total. The van der Waals surface area contributed by atoms with Gasteiger partial charge in [0.2, 0.25) is 0 Å². The normalized spacial score (nSPS) is 10.8. The number of pyridine rings is 1. The first-order chi connectivity index (χ1) is 10.3. The Hall–Kier alpha value is -2.56. The molecule has 21 heavy (non-hydrogen) atoms. The van der Waals surface area contributed by atoms with Gasteiger partial charge < -0.3 is 14.0 Å². The topological polar surface area (TPSA) is 49.2 Å². The fourth-order valence-corrected chi connectivity index (χ4v) is 2.54. The van der Waals surface area contributed by atoms with E-state index in [1.54, 1.807) is 20.4 Å². The predicted molar refractivity (Wildman–Crippen MR) is 81.7 cm³/mol. The third-order valence-electron chi connectivity index (χ3n) is 3.50. The highest BCUT2D eigenvalue weighted by atomic mass is 16.5. The first-order valence-electron chi connectivity index (χ1n) is 6.81. The van der Waals surface area contributed by atoms with Gasteiger partial charge in [0.15, 0.2) is 0 Å². The zero-order chi connectivity index (χ0) is 14.8. The monoisotopic (exact) mass is 283 g/mol. The van der Waals surface area contributed by atoms with Crippen LogP contribution in [0.15, 0.2) is 36.7 Å². The number of fused-ring (bicyclic) bond motifs is 1. The van der Waals surface area contributed by atoms with Gasteiger partial charge in [-0.05, 0) is 31.2 Å². The molecule has 0 aliphatic heterocycles. The lowest BCUT2D eigenvalue weighted by atomic mass is 10.2. The second-order valence-corrected chi connectivity index (χ2v) is 4.59. The van der Waals surface area contributed by atoms with E-state index < -0.39 is 0 Å². The molecule has 2 heterocycles. The molecule has 0 amide bonds. The summed E-state index contributed by atoms with van der Waals surface area (Å²) in [6, 6.07) is 7.69. The number of aryl methyl sites for hydroxylation is 1. The zero-order valence-electron chi connectivity index (χ0n) is 12.3. The van der Waals surface area contributed by atoms with Crippen molar-refractivity contribution in [3.63, 3.8) is 0 Å². The number of aromatic nitrogens is 3. The van der Waals surface area contributed by atoms with Crippen LogP contribution < -0.4 is 9.47 Å². The number of hydrogen-bond acceptors (Lipinski definition) is 4. The van der Waals surface area contributed by atoms with Crippen molar-refractivity contribution in [2.24, 2.45) is 0 Å². The summed E-state index contributed by atoms with van der Waals surface area (Å²) in [7, 11) is 3.31. The van der Waals surface area contributed by atoms with Crippen LogP contribution in [0.1, 0.15) is 6.92 Å². The van der Waals surface area contributed by atoms with Gasteiger partial charge >= 0.3 is 0 Å². The Morgan fingerprint density at radius 1 is 1.10 bits per heavy atom. The van der Waals surface area contributed by atoms with Gasteiger partial charge in [-0.2, -0.15) is 0 Å². The molecule has 0 aliphatic rings. The predicted octanol–water partition coefficient (Wildman–Crippen LogP) is 3.14. The third kappa shape index (κ3) is 2.11. The van der Waals surface area contributed by atoms with E-state index in [-0.39, 0.29) is 0 Å². The van der Waals surface area contributed by atoms with E-state index in [9.17, 15) is 0 Å². The summed E-state index contributed by atoms with van der Waals surface area (Å²) < 4.78 is 13.0. The molecule has 2 aromatic heterocycles. The van der Waals surface area contributed by atoms with Gasteiger partial charge in [-0.25, -0.2) is 4.98 Å². The number of nitrogens with zero attached hydrogens (tertiary/aromatic N) is 3. The molecular weight excluding hydrogens is 266 g/mol. The molecule has 0 radical (unpaired) electrons. The van der Waals surface area contributed by atoms with Crippen molar-refractivity contribution in [3.05, 3.63) is 36.7 Å². The van der Waals surface area contributed by atoms with Crippen LogP contribution in [0.4, 0.5) is 0 Å². The van der Waals surface area contributed by atoms with Gasteiger partial charge in [-0.1, -0.05) is 0 Å². The lowest BCUT2D eigenvalue weighted by Gasteiger charge is -2.09. The van der Waals surface area contributed by atoms with Crippen LogP contribution in [-0.4, -0.2) is 28.8 Å². The average Bonchev–Trinajstić information content (AvgIpc) is 2.94. The minimum atomic E-state index is 0.739. The summed E-state index contributed by atoms with van der Waals surface area (Å²) in [5.74, 6) is 2.39. The Bertz CT molecular complexity index is 766. The SMILES string of the molecule is CCn1c(-c2cccnc2)nc2c(OC)ccc(OC)c21. The van der Waals surface area contributed by atoms with Crippen molar-refractivity contribution < 1.29 is 9.47 Å². The van der Waals surface area contributed by atoms with Crippen LogP contribution in [0.3, 0.4) is 0 Å². The molecule has 0 atom stereocenters. The van der Waals surface area contributed by atoms with Crippen molar-refractivity contribution in [2.45, 2.75) is 13.5 Å². The fourth-order valence-electron chi connectivity index (χ4n) is 2.54. The lowest BCUT2D eigenvalue weighted by Crippen LogP contribution is -1.99. The molecule has 0 bridgehead atoms. The van der Waals surface area contributed by atoms with E-state index in [1.165, 1.54) is 0 Å². The first kappa shape index (κ1) is 13.4. The van der Waals surface area contributed by atoms with Crippen molar-refractivity contribution in [3.8, 4) is 22.9 Å². The fraction of sp³-hybridized carbons (Fsp3) is 0.250. The summed E-state index contributed by atoms with van der Waals surface area (Å²) in [6.45, 7) is 2.87. The Balaban J connectivity index is 2.37. The van der Waals surface area contributed by atoms with E-state index in [2.05, 4.69) is 16.5 Å². The Morgan fingerprint density at radius 2 is 1.86 bits per heavy atom. The van der Waals surface area contributed by atoms with Crippen LogP contribution in [0.25, 0.3) is 22.4 Å². The summed E-state index contributed by atoms with van der Waals surface area (Å²) in [5.41, 5.74) is 2.72. The number of imidazole rings is 1. The second kappa shape index (κ2) is 5.44. The summed E-state index contributed by atoms with van der Waals surface area (Å²) in [5, 5.41) is 0. The first-order valence-corrected chi connectivity index (χ1v) is 6.81. The molecule has 0 saturated heterocycles. The number of ether oxygens (including phenoxy) is 2. The van der Waals surface area contributed by atoms with Gasteiger partial charge in [0.25, 0.3) is 0 Å². The minimum absolute atomic E-state index is 0.739. The molecule has 0 fully saturated rings. The number of methoxy groups -OCH3 is 2. The van der Waals surface area contributed by atoms with Crippen molar-refractivity contribution in [2.75, 3.05) is 14.2 Å². The highest BCUT2D eigenvalue weighted by Crippen LogP contribution is 2.36. The van der Waals surface area contributed by atoms with Crippen LogP contribution in [0.2, 0.25) is 0 Å². The Kier molecular flexibility index (Phi) is 3.48. The average molecular weight is 283 g/mol. The van der Waals surface area contributed by atoms with Gasteiger partial charge in [0.1, 0.15) is 28.4 Å². The maximum absolute atomic E-state index is 5.49. The second-order valence-electron chi connectivity index (χ2n) is 4.59. The maximum atomic E-state index is 5.49. The molecule has 108 valence electrons. The summed E-state index contributed by atoms with van der Waals surface area (Å²) in [4.78, 5) is 8.93. The Morgan fingerprint density at radius 3 is 2.48 bits per heavy atom. The molecule has 3 rings (SSSR count). The molecule has 3 aromatic rings. The van der Waals surface area contributed by atoms with E-state index >= 15 is 0 Å². The largest absolute Gasteiger partial charge is 0.494 e. The van der Waals surface area contributed by atoms with E-state index in [1.807, 2.05) is 30.5 Å². The lowest BCUT2D eigenvalue weighted by molar-refractivity contribution is 0.408. The molecule has 5 heteroatoms. The van der Waals surface area contributed by atoms with Crippen LogP contribution in [0.5, 0.6) is 11.5 Å².